The van der Waals surface area contributed by atoms with Gasteiger partial charge in [-0.05, 0) is 36.6 Å². The molecule has 0 saturated carbocycles. The first-order valence-corrected chi connectivity index (χ1v) is 9.80. The van der Waals surface area contributed by atoms with E-state index in [4.69, 9.17) is 4.18 Å². The number of hydrogen-bond donors (Lipinski definition) is 0. The smallest absolute Gasteiger partial charge is 0.348 e. The van der Waals surface area contributed by atoms with Gasteiger partial charge in [0.1, 0.15) is 0 Å². The summed E-state index contributed by atoms with van der Waals surface area (Å²) in [6, 6.07) is 10.5. The minimum absolute atomic E-state index is 0.0640. The Labute approximate surface area is 146 Å². The molecule has 0 bridgehead atoms. The highest BCUT2D eigenvalue weighted by Crippen LogP contribution is 2.37. The average molecular weight is 381 g/mol. The molecule has 0 amide bonds. The van der Waals surface area contributed by atoms with Gasteiger partial charge in [0.05, 0.1) is 4.92 Å². The van der Waals surface area contributed by atoms with Gasteiger partial charge in [-0.25, -0.2) is 0 Å². The topological polar surface area (TPSA) is 86.5 Å². The maximum atomic E-state index is 12.4. The Kier molecular flexibility index (Phi) is 4.39. The second kappa shape index (κ2) is 6.34. The summed E-state index contributed by atoms with van der Waals surface area (Å²) in [6.45, 7) is 1.80. The number of non-ortho nitro benzene ring substituents is 1. The quantitative estimate of drug-likeness (QED) is 0.370. The van der Waals surface area contributed by atoms with Crippen molar-refractivity contribution in [1.82, 2.24) is 0 Å². The van der Waals surface area contributed by atoms with Crippen molar-refractivity contribution in [1.29, 1.82) is 0 Å². The van der Waals surface area contributed by atoms with E-state index in [-0.39, 0.29) is 15.6 Å². The van der Waals surface area contributed by atoms with Gasteiger partial charge in [-0.3, -0.25) is 10.1 Å². The van der Waals surface area contributed by atoms with Crippen LogP contribution in [0.5, 0.6) is 5.75 Å². The Morgan fingerprint density at radius 2 is 1.96 bits per heavy atom. The molecule has 0 unspecified atom stereocenters. The van der Waals surface area contributed by atoms with E-state index >= 15 is 0 Å². The number of rotatable bonds is 5. The van der Waals surface area contributed by atoms with Crippen molar-refractivity contribution in [2.75, 3.05) is 0 Å². The number of aryl methyl sites for hydroxylation is 1. The lowest BCUT2D eigenvalue weighted by molar-refractivity contribution is -0.384. The molecular formula is C15H11NO5S3. The highest BCUT2D eigenvalue weighted by Gasteiger charge is 2.22. The van der Waals surface area contributed by atoms with Crippen LogP contribution in [0.1, 0.15) is 4.88 Å². The second-order valence-corrected chi connectivity index (χ2v) is 8.83. The Bertz CT molecular complexity index is 990. The summed E-state index contributed by atoms with van der Waals surface area (Å²) < 4.78 is 30.2. The summed E-state index contributed by atoms with van der Waals surface area (Å²) in [5.74, 6) is 0.0640. The lowest BCUT2D eigenvalue weighted by Gasteiger charge is -2.09. The van der Waals surface area contributed by atoms with Crippen LogP contribution < -0.4 is 4.18 Å². The number of nitrogens with zero attached hydrogens (tertiary/aromatic N) is 1. The average Bonchev–Trinajstić information content (AvgIpc) is 3.18. The van der Waals surface area contributed by atoms with Crippen LogP contribution in [0.3, 0.4) is 0 Å². The molecule has 24 heavy (non-hydrogen) atoms. The van der Waals surface area contributed by atoms with E-state index in [1.54, 1.807) is 30.5 Å². The van der Waals surface area contributed by atoms with Gasteiger partial charge in [-0.2, -0.15) is 8.42 Å². The predicted molar refractivity (Wildman–Crippen MR) is 93.3 cm³/mol. The van der Waals surface area contributed by atoms with Gasteiger partial charge >= 0.3 is 10.1 Å². The number of hydrogen-bond acceptors (Lipinski definition) is 7. The van der Waals surface area contributed by atoms with Crippen molar-refractivity contribution in [2.24, 2.45) is 0 Å². The monoisotopic (exact) mass is 381 g/mol. The zero-order chi connectivity index (χ0) is 17.3. The van der Waals surface area contributed by atoms with Gasteiger partial charge in [0.2, 0.25) is 0 Å². The van der Waals surface area contributed by atoms with Crippen LogP contribution in [0.15, 0.2) is 52.1 Å². The highest BCUT2D eigenvalue weighted by atomic mass is 32.3. The Hall–Kier alpha value is -2.23. The van der Waals surface area contributed by atoms with Gasteiger partial charge in [-0.15, -0.1) is 22.7 Å². The maximum Gasteiger partial charge on any atom is 0.348 e. The molecule has 0 aliphatic carbocycles. The number of nitro benzene ring substituents is 1. The van der Waals surface area contributed by atoms with Crippen molar-refractivity contribution in [3.05, 3.63) is 62.8 Å². The summed E-state index contributed by atoms with van der Waals surface area (Å²) in [5.41, 5.74) is 0.242. The van der Waals surface area contributed by atoms with Gasteiger partial charge in [0.25, 0.3) is 5.69 Å². The number of thiophene rings is 2. The van der Waals surface area contributed by atoms with Crippen molar-refractivity contribution < 1.29 is 17.5 Å². The summed E-state index contributed by atoms with van der Waals surface area (Å²) >= 11 is 2.45. The molecule has 6 nitrogen and oxygen atoms in total. The molecule has 0 atom stereocenters. The lowest BCUT2D eigenvalue weighted by atomic mass is 10.1. The molecule has 2 aromatic heterocycles. The molecule has 0 N–H and O–H groups in total. The maximum absolute atomic E-state index is 12.4. The fourth-order valence-corrected chi connectivity index (χ4v) is 4.97. The van der Waals surface area contributed by atoms with Crippen molar-refractivity contribution in [3.63, 3.8) is 0 Å². The number of nitro groups is 1. The highest BCUT2D eigenvalue weighted by molar-refractivity contribution is 7.89. The van der Waals surface area contributed by atoms with E-state index in [1.807, 2.05) is 0 Å². The van der Waals surface area contributed by atoms with Crippen LogP contribution in [0.4, 0.5) is 5.69 Å². The third-order valence-corrected chi connectivity index (χ3v) is 6.71. The fourth-order valence-electron chi connectivity index (χ4n) is 2.03. The molecule has 124 valence electrons. The SMILES string of the molecule is Cc1ccc(S(=O)(=O)Oc2ccc([N+](=O)[O-])cc2-c2cccs2)s1. The van der Waals surface area contributed by atoms with Crippen LogP contribution in [-0.4, -0.2) is 13.3 Å². The van der Waals surface area contributed by atoms with Gasteiger partial charge in [0, 0.05) is 27.5 Å². The first-order chi connectivity index (χ1) is 11.4. The normalized spacial score (nSPS) is 11.4. The third kappa shape index (κ3) is 3.32. The van der Waals surface area contributed by atoms with Gasteiger partial charge in [-0.1, -0.05) is 6.07 Å². The van der Waals surface area contributed by atoms with E-state index < -0.39 is 15.0 Å². The molecular weight excluding hydrogens is 370 g/mol. The zero-order valence-corrected chi connectivity index (χ0v) is 14.8. The molecule has 9 heteroatoms. The summed E-state index contributed by atoms with van der Waals surface area (Å²) in [7, 11) is -3.99. The van der Waals surface area contributed by atoms with Crippen LogP contribution >= 0.6 is 22.7 Å². The molecule has 0 fully saturated rings. The van der Waals surface area contributed by atoms with Crippen molar-refractivity contribution in [3.8, 4) is 16.2 Å². The first kappa shape index (κ1) is 16.6. The molecule has 3 aromatic rings. The van der Waals surface area contributed by atoms with E-state index in [9.17, 15) is 18.5 Å². The van der Waals surface area contributed by atoms with E-state index in [0.717, 1.165) is 16.2 Å². The minimum atomic E-state index is -3.99. The standard InChI is InChI=1S/C15H11NO5S3/c1-10-4-7-15(23-10)24(19,20)21-13-6-5-11(16(17)18)9-12(13)14-3-2-8-22-14/h2-9H,1H3. The minimum Gasteiger partial charge on any atom is -0.378 e. The van der Waals surface area contributed by atoms with Crippen LogP contribution in [-0.2, 0) is 10.1 Å². The zero-order valence-electron chi connectivity index (χ0n) is 12.3. The molecule has 0 aliphatic rings. The first-order valence-electron chi connectivity index (χ1n) is 6.70. The van der Waals surface area contributed by atoms with Crippen molar-refractivity contribution >= 4 is 38.5 Å². The van der Waals surface area contributed by atoms with Gasteiger partial charge < -0.3 is 4.18 Å². The summed E-state index contributed by atoms with van der Waals surface area (Å²) in [4.78, 5) is 12.0. The molecule has 3 rings (SSSR count). The molecule has 2 heterocycles. The Morgan fingerprint density at radius 3 is 2.54 bits per heavy atom. The molecule has 0 radical (unpaired) electrons. The fraction of sp³-hybridized carbons (Fsp3) is 0.0667. The van der Waals surface area contributed by atoms with Crippen LogP contribution in [0.2, 0.25) is 0 Å². The van der Waals surface area contributed by atoms with Gasteiger partial charge in [0.15, 0.2) is 9.96 Å². The third-order valence-electron chi connectivity index (χ3n) is 3.12. The summed E-state index contributed by atoms with van der Waals surface area (Å²) in [6.07, 6.45) is 0. The van der Waals surface area contributed by atoms with Crippen LogP contribution in [0.25, 0.3) is 10.4 Å². The molecule has 0 spiro atoms. The Morgan fingerprint density at radius 1 is 1.17 bits per heavy atom. The largest absolute Gasteiger partial charge is 0.378 e. The molecule has 0 saturated heterocycles. The van der Waals surface area contributed by atoms with Crippen LogP contribution in [0, 0.1) is 17.0 Å². The van der Waals surface area contributed by atoms with E-state index in [2.05, 4.69) is 0 Å². The van der Waals surface area contributed by atoms with Crippen molar-refractivity contribution in [2.45, 2.75) is 11.1 Å². The van der Waals surface area contributed by atoms with E-state index in [0.29, 0.717) is 10.4 Å². The molecule has 1 aromatic carbocycles. The second-order valence-electron chi connectivity index (χ2n) is 4.82. The number of benzene rings is 1. The summed E-state index contributed by atoms with van der Waals surface area (Å²) in [5, 5.41) is 12.8. The predicted octanol–water partition coefficient (Wildman–Crippen LogP) is 4.46. The lowest BCUT2D eigenvalue weighted by Crippen LogP contribution is -2.08. The Balaban J connectivity index is 2.06. The molecule has 0 aliphatic heterocycles. The van der Waals surface area contributed by atoms with E-state index in [1.165, 1.54) is 35.6 Å².